The Bertz CT molecular complexity index is 705. The van der Waals surface area contributed by atoms with Crippen LogP contribution >= 0.6 is 15.9 Å². The third kappa shape index (κ3) is 4.91. The maximum absolute atomic E-state index is 12.4. The van der Waals surface area contributed by atoms with Gasteiger partial charge in [0.05, 0.1) is 0 Å². The number of carboxylic acid groups (broad SMARTS) is 1. The van der Waals surface area contributed by atoms with Gasteiger partial charge in [-0.1, -0.05) is 58.4 Å². The number of nitrogens with one attached hydrogen (secondary N) is 1. The Hall–Kier alpha value is -2.18. The number of carbonyl (C=O) groups is 2. The topological polar surface area (TPSA) is 75.6 Å². The molecule has 2 aromatic rings. The van der Waals surface area contributed by atoms with E-state index >= 15 is 0 Å². The largest absolute Gasteiger partial charge is 0.480 e. The number of carbonyl (C=O) groups excluding carboxylic acids is 1. The van der Waals surface area contributed by atoms with Crippen molar-refractivity contribution in [2.45, 2.75) is 18.6 Å². The highest BCUT2D eigenvalue weighted by Gasteiger charge is 2.26. The van der Waals surface area contributed by atoms with Crippen LogP contribution in [-0.4, -0.2) is 30.1 Å². The SMILES string of the molecule is CO[C@@H](C(=O)N[C@@H](Cc1cccc(Br)c1)C(=O)O)c1ccccc1. The number of rotatable bonds is 7. The van der Waals surface area contributed by atoms with Crippen LogP contribution in [0.25, 0.3) is 0 Å². The fraction of sp³-hybridized carbons (Fsp3) is 0.222. The quantitative estimate of drug-likeness (QED) is 0.760. The Morgan fingerprint density at radius 3 is 2.46 bits per heavy atom. The van der Waals surface area contributed by atoms with E-state index < -0.39 is 24.0 Å². The lowest BCUT2D eigenvalue weighted by atomic mass is 10.0. The van der Waals surface area contributed by atoms with Gasteiger partial charge in [0.15, 0.2) is 6.10 Å². The van der Waals surface area contributed by atoms with E-state index in [1.807, 2.05) is 30.3 Å². The average molecular weight is 392 g/mol. The van der Waals surface area contributed by atoms with E-state index in [0.29, 0.717) is 5.56 Å². The van der Waals surface area contributed by atoms with Crippen LogP contribution in [0.3, 0.4) is 0 Å². The summed E-state index contributed by atoms with van der Waals surface area (Å²) in [6.07, 6.45) is -0.665. The van der Waals surface area contributed by atoms with E-state index in [0.717, 1.165) is 10.0 Å². The van der Waals surface area contributed by atoms with Crippen LogP contribution in [0.5, 0.6) is 0 Å². The molecule has 126 valence electrons. The van der Waals surface area contributed by atoms with Crippen molar-refractivity contribution in [2.24, 2.45) is 0 Å². The summed E-state index contributed by atoms with van der Waals surface area (Å²) >= 11 is 3.35. The fourth-order valence-corrected chi connectivity index (χ4v) is 2.82. The van der Waals surface area contributed by atoms with Crippen molar-refractivity contribution in [1.82, 2.24) is 5.32 Å². The minimum atomic E-state index is -1.09. The maximum Gasteiger partial charge on any atom is 0.326 e. The lowest BCUT2D eigenvalue weighted by molar-refractivity contribution is -0.144. The highest BCUT2D eigenvalue weighted by Crippen LogP contribution is 2.17. The summed E-state index contributed by atoms with van der Waals surface area (Å²) in [4.78, 5) is 23.9. The molecule has 0 aromatic heterocycles. The number of ether oxygens (including phenoxy) is 1. The van der Waals surface area contributed by atoms with E-state index in [4.69, 9.17) is 4.74 Å². The lowest BCUT2D eigenvalue weighted by Gasteiger charge is -2.20. The van der Waals surface area contributed by atoms with Crippen LogP contribution in [0.4, 0.5) is 0 Å². The number of methoxy groups -OCH3 is 1. The summed E-state index contributed by atoms with van der Waals surface area (Å²) in [5.41, 5.74) is 1.48. The molecule has 0 fully saturated rings. The van der Waals surface area contributed by atoms with E-state index in [-0.39, 0.29) is 6.42 Å². The van der Waals surface area contributed by atoms with Crippen molar-refractivity contribution < 1.29 is 19.4 Å². The molecule has 5 nitrogen and oxygen atoms in total. The molecular formula is C18H18BrNO4. The molecule has 0 aliphatic rings. The minimum Gasteiger partial charge on any atom is -0.480 e. The van der Waals surface area contributed by atoms with Crippen molar-refractivity contribution in [2.75, 3.05) is 7.11 Å². The first kappa shape index (κ1) is 18.2. The maximum atomic E-state index is 12.4. The fourth-order valence-electron chi connectivity index (χ4n) is 2.37. The van der Waals surface area contributed by atoms with Gasteiger partial charge in [0.2, 0.25) is 0 Å². The molecule has 2 atom stereocenters. The molecule has 2 rings (SSSR count). The Morgan fingerprint density at radius 2 is 1.88 bits per heavy atom. The van der Waals surface area contributed by atoms with Crippen LogP contribution in [0.2, 0.25) is 0 Å². The van der Waals surface area contributed by atoms with Gasteiger partial charge in [0.1, 0.15) is 6.04 Å². The second-order valence-corrected chi connectivity index (χ2v) is 6.18. The molecule has 2 aromatic carbocycles. The van der Waals surface area contributed by atoms with E-state index in [1.54, 1.807) is 24.3 Å². The lowest BCUT2D eigenvalue weighted by Crippen LogP contribution is -2.44. The summed E-state index contributed by atoms with van der Waals surface area (Å²) < 4.78 is 6.09. The zero-order valence-corrected chi connectivity index (χ0v) is 14.7. The van der Waals surface area contributed by atoms with Gasteiger partial charge in [0, 0.05) is 18.0 Å². The average Bonchev–Trinajstić information content (AvgIpc) is 2.56. The number of halogens is 1. The molecule has 0 radical (unpaired) electrons. The standard InChI is InChI=1S/C18H18BrNO4/c1-24-16(13-7-3-2-4-8-13)17(21)20-15(18(22)23)11-12-6-5-9-14(19)10-12/h2-10,15-16H,11H2,1H3,(H,20,21)(H,22,23)/t15-,16+/m0/s1. The van der Waals surface area contributed by atoms with Crippen LogP contribution in [0, 0.1) is 0 Å². The van der Waals surface area contributed by atoms with Gasteiger partial charge >= 0.3 is 5.97 Å². The summed E-state index contributed by atoms with van der Waals surface area (Å²) in [6.45, 7) is 0. The smallest absolute Gasteiger partial charge is 0.326 e. The monoisotopic (exact) mass is 391 g/mol. The summed E-state index contributed by atoms with van der Waals surface area (Å²) in [5.74, 6) is -1.57. The highest BCUT2D eigenvalue weighted by atomic mass is 79.9. The predicted octanol–water partition coefficient (Wildman–Crippen LogP) is 2.95. The van der Waals surface area contributed by atoms with Gasteiger partial charge in [-0.3, -0.25) is 4.79 Å². The molecule has 0 spiro atoms. The van der Waals surface area contributed by atoms with Crippen molar-refractivity contribution >= 4 is 27.8 Å². The first-order valence-electron chi connectivity index (χ1n) is 7.36. The molecule has 0 aliphatic heterocycles. The van der Waals surface area contributed by atoms with E-state index in [2.05, 4.69) is 21.2 Å². The number of aliphatic carboxylic acids is 1. The minimum absolute atomic E-state index is 0.186. The normalized spacial score (nSPS) is 13.1. The first-order valence-corrected chi connectivity index (χ1v) is 8.16. The van der Waals surface area contributed by atoms with Crippen molar-refractivity contribution in [3.63, 3.8) is 0 Å². The second kappa shape index (κ2) is 8.61. The molecule has 0 unspecified atom stereocenters. The van der Waals surface area contributed by atoms with Gasteiger partial charge < -0.3 is 15.2 Å². The Labute approximate surface area is 148 Å². The second-order valence-electron chi connectivity index (χ2n) is 5.26. The number of hydrogen-bond acceptors (Lipinski definition) is 3. The molecule has 0 saturated heterocycles. The van der Waals surface area contributed by atoms with Crippen molar-refractivity contribution in [3.8, 4) is 0 Å². The highest BCUT2D eigenvalue weighted by molar-refractivity contribution is 9.10. The Balaban J connectivity index is 2.11. The van der Waals surface area contributed by atoms with Gasteiger partial charge in [0.25, 0.3) is 5.91 Å². The zero-order chi connectivity index (χ0) is 17.5. The Kier molecular flexibility index (Phi) is 6.52. The molecule has 0 bridgehead atoms. The molecular weight excluding hydrogens is 374 g/mol. The Morgan fingerprint density at radius 1 is 1.17 bits per heavy atom. The summed E-state index contributed by atoms with van der Waals surface area (Å²) in [7, 11) is 1.42. The number of benzene rings is 2. The van der Waals surface area contributed by atoms with Crippen LogP contribution in [-0.2, 0) is 20.7 Å². The van der Waals surface area contributed by atoms with Gasteiger partial charge in [-0.05, 0) is 23.3 Å². The summed E-state index contributed by atoms with van der Waals surface area (Å²) in [6, 6.07) is 15.2. The van der Waals surface area contributed by atoms with E-state index in [1.165, 1.54) is 7.11 Å². The molecule has 1 amide bonds. The van der Waals surface area contributed by atoms with Crippen LogP contribution in [0.1, 0.15) is 17.2 Å². The van der Waals surface area contributed by atoms with Gasteiger partial charge in [-0.15, -0.1) is 0 Å². The number of hydrogen-bond donors (Lipinski definition) is 2. The third-order valence-electron chi connectivity index (χ3n) is 3.52. The molecule has 24 heavy (non-hydrogen) atoms. The predicted molar refractivity (Wildman–Crippen MR) is 93.6 cm³/mol. The van der Waals surface area contributed by atoms with Gasteiger partial charge in [-0.25, -0.2) is 4.79 Å². The molecule has 0 saturated carbocycles. The van der Waals surface area contributed by atoms with Crippen LogP contribution in [0.15, 0.2) is 59.1 Å². The third-order valence-corrected chi connectivity index (χ3v) is 4.01. The molecule has 0 heterocycles. The summed E-state index contributed by atoms with van der Waals surface area (Å²) in [5, 5.41) is 12.0. The molecule has 6 heteroatoms. The van der Waals surface area contributed by atoms with Crippen LogP contribution < -0.4 is 5.32 Å². The van der Waals surface area contributed by atoms with Crippen molar-refractivity contribution in [1.29, 1.82) is 0 Å². The van der Waals surface area contributed by atoms with Crippen molar-refractivity contribution in [3.05, 3.63) is 70.2 Å². The number of carboxylic acids is 1. The molecule has 0 aliphatic carbocycles. The van der Waals surface area contributed by atoms with Gasteiger partial charge in [-0.2, -0.15) is 0 Å². The number of amides is 1. The molecule has 2 N–H and O–H groups in total. The zero-order valence-electron chi connectivity index (χ0n) is 13.1. The first-order chi connectivity index (χ1) is 11.5. The van der Waals surface area contributed by atoms with E-state index in [9.17, 15) is 14.7 Å².